The molecule has 0 bridgehead atoms. The number of rotatable bonds is 7. The summed E-state index contributed by atoms with van der Waals surface area (Å²) >= 11 is 0. The van der Waals surface area contributed by atoms with Crippen LogP contribution in [0.1, 0.15) is 50.5 Å². The quantitative estimate of drug-likeness (QED) is 0.697. The molecule has 0 atom stereocenters. The maximum Gasteiger partial charge on any atom is 0.223 e. The average molecular weight is 359 g/mol. The van der Waals surface area contributed by atoms with Gasteiger partial charge in [0.15, 0.2) is 0 Å². The highest BCUT2D eigenvalue weighted by Crippen LogP contribution is 2.50. The molecule has 4 nitrogen and oxygen atoms in total. The van der Waals surface area contributed by atoms with Crippen LogP contribution in [0.3, 0.4) is 0 Å². The van der Waals surface area contributed by atoms with Gasteiger partial charge in [-0.3, -0.25) is 4.79 Å². The van der Waals surface area contributed by atoms with Crippen LogP contribution < -0.4 is 0 Å². The van der Waals surface area contributed by atoms with Gasteiger partial charge in [-0.2, -0.15) is 0 Å². The second-order valence-corrected chi connectivity index (χ2v) is 8.63. The Morgan fingerprint density at radius 2 is 1.81 bits per heavy atom. The van der Waals surface area contributed by atoms with E-state index in [2.05, 4.69) is 48.2 Å². The van der Waals surface area contributed by atoms with Crippen LogP contribution >= 0.6 is 0 Å². The Hall–Kier alpha value is -1.39. The zero-order valence-corrected chi connectivity index (χ0v) is 16.7. The van der Waals surface area contributed by atoms with Crippen molar-refractivity contribution in [2.45, 2.75) is 57.0 Å². The molecule has 0 unspecified atom stereocenters. The number of carbonyl (C=O) groups excluding carboxylic acids is 1. The van der Waals surface area contributed by atoms with Gasteiger partial charge in [0.1, 0.15) is 0 Å². The number of hydrogen-bond donors (Lipinski definition) is 0. The van der Waals surface area contributed by atoms with Crippen LogP contribution in [0.25, 0.3) is 0 Å². The monoisotopic (exact) mass is 358 g/mol. The van der Waals surface area contributed by atoms with Gasteiger partial charge in [0.25, 0.3) is 0 Å². The van der Waals surface area contributed by atoms with E-state index in [1.165, 1.54) is 24.8 Å². The number of hydrogen-bond acceptors (Lipinski definition) is 3. The fraction of sp³-hybridized carbons (Fsp3) is 0.682. The number of ether oxygens (including phenoxy) is 1. The lowest BCUT2D eigenvalue weighted by Gasteiger charge is -2.48. The Labute approximate surface area is 158 Å². The first-order valence-electron chi connectivity index (χ1n) is 9.97. The van der Waals surface area contributed by atoms with Gasteiger partial charge in [-0.25, -0.2) is 0 Å². The molecule has 144 valence electrons. The number of carbonyl (C=O) groups is 1. The first-order chi connectivity index (χ1) is 12.5. The summed E-state index contributed by atoms with van der Waals surface area (Å²) in [5.41, 5.74) is 1.71. The van der Waals surface area contributed by atoms with E-state index in [4.69, 9.17) is 4.74 Å². The third-order valence-electron chi connectivity index (χ3n) is 6.80. The van der Waals surface area contributed by atoms with Gasteiger partial charge in [-0.05, 0) is 63.6 Å². The Kier molecular flexibility index (Phi) is 6.03. The summed E-state index contributed by atoms with van der Waals surface area (Å²) in [5, 5.41) is 0. The smallest absolute Gasteiger partial charge is 0.223 e. The van der Waals surface area contributed by atoms with E-state index in [9.17, 15) is 4.79 Å². The predicted octanol–water partition coefficient (Wildman–Crippen LogP) is 3.71. The molecule has 2 fully saturated rings. The number of methoxy groups -OCH3 is 1. The van der Waals surface area contributed by atoms with Crippen molar-refractivity contribution in [1.82, 2.24) is 9.80 Å². The number of nitrogens with zero attached hydrogens (tertiary/aromatic N) is 2. The second kappa shape index (κ2) is 8.10. The van der Waals surface area contributed by atoms with Crippen LogP contribution in [-0.4, -0.2) is 55.6 Å². The molecule has 1 aromatic rings. The summed E-state index contributed by atoms with van der Waals surface area (Å²) < 4.78 is 5.27. The molecule has 1 aromatic carbocycles. The molecule has 0 N–H and O–H groups in total. The molecule has 1 spiro atoms. The average Bonchev–Trinajstić information content (AvgIpc) is 2.93. The molecule has 1 saturated heterocycles. The van der Waals surface area contributed by atoms with Crippen molar-refractivity contribution in [3.05, 3.63) is 35.9 Å². The van der Waals surface area contributed by atoms with Gasteiger partial charge in [-0.15, -0.1) is 0 Å². The van der Waals surface area contributed by atoms with Crippen molar-refractivity contribution in [3.8, 4) is 0 Å². The van der Waals surface area contributed by atoms with E-state index in [-0.39, 0.29) is 11.0 Å². The molecule has 0 aromatic heterocycles. The Morgan fingerprint density at radius 3 is 2.42 bits per heavy atom. The SMILES string of the molecule is COCCC[C@]1(N(C)C)CC[C@@]2(CC1)CC(=O)N(Cc1ccccc1)C2. The highest BCUT2D eigenvalue weighted by atomic mass is 16.5. The van der Waals surface area contributed by atoms with Crippen molar-refractivity contribution >= 4 is 5.91 Å². The van der Waals surface area contributed by atoms with Crippen LogP contribution in [0, 0.1) is 5.41 Å². The summed E-state index contributed by atoms with van der Waals surface area (Å²) in [7, 11) is 6.21. The van der Waals surface area contributed by atoms with Gasteiger partial charge < -0.3 is 14.5 Å². The molecule has 4 heteroatoms. The van der Waals surface area contributed by atoms with Crippen LogP contribution in [-0.2, 0) is 16.1 Å². The largest absolute Gasteiger partial charge is 0.385 e. The van der Waals surface area contributed by atoms with Gasteiger partial charge >= 0.3 is 0 Å². The third-order valence-corrected chi connectivity index (χ3v) is 6.80. The summed E-state index contributed by atoms with van der Waals surface area (Å²) in [6.07, 6.45) is 7.74. The summed E-state index contributed by atoms with van der Waals surface area (Å²) in [5.74, 6) is 0.339. The standard InChI is InChI=1S/C22H34N2O2/c1-23(2)22(10-7-15-26-3)13-11-21(12-14-22)16-20(25)24(18-21)17-19-8-5-4-6-9-19/h4-6,8-9H,7,10-18H2,1-3H3/t21-,22+. The van der Waals surface area contributed by atoms with Gasteiger partial charge in [0.05, 0.1) is 0 Å². The Balaban J connectivity index is 1.61. The first-order valence-corrected chi connectivity index (χ1v) is 9.97. The van der Waals surface area contributed by atoms with Gasteiger partial charge in [0.2, 0.25) is 5.91 Å². The molecule has 1 aliphatic carbocycles. The minimum Gasteiger partial charge on any atom is -0.385 e. The fourth-order valence-electron chi connectivity index (χ4n) is 4.98. The summed E-state index contributed by atoms with van der Waals surface area (Å²) in [6.45, 7) is 2.53. The lowest BCUT2D eigenvalue weighted by Crippen LogP contribution is -2.49. The molecular formula is C22H34N2O2. The van der Waals surface area contributed by atoms with Crippen LogP contribution in [0.2, 0.25) is 0 Å². The molecule has 0 radical (unpaired) electrons. The molecule has 26 heavy (non-hydrogen) atoms. The van der Waals surface area contributed by atoms with Crippen LogP contribution in [0.4, 0.5) is 0 Å². The van der Waals surface area contributed by atoms with Crippen molar-refractivity contribution in [1.29, 1.82) is 0 Å². The number of amides is 1. The molecule has 1 saturated carbocycles. The van der Waals surface area contributed by atoms with Crippen LogP contribution in [0.5, 0.6) is 0 Å². The highest BCUT2D eigenvalue weighted by Gasteiger charge is 2.49. The maximum absolute atomic E-state index is 12.7. The maximum atomic E-state index is 12.7. The molecule has 1 aliphatic heterocycles. The minimum atomic E-state index is 0.201. The lowest BCUT2D eigenvalue weighted by molar-refractivity contribution is -0.128. The van der Waals surface area contributed by atoms with Gasteiger partial charge in [0, 0.05) is 38.8 Å². The van der Waals surface area contributed by atoms with Crippen molar-refractivity contribution in [2.24, 2.45) is 5.41 Å². The minimum absolute atomic E-state index is 0.201. The predicted molar refractivity (Wildman–Crippen MR) is 105 cm³/mol. The lowest BCUT2D eigenvalue weighted by atomic mass is 9.65. The number of benzene rings is 1. The highest BCUT2D eigenvalue weighted by molar-refractivity contribution is 5.79. The van der Waals surface area contributed by atoms with E-state index in [0.717, 1.165) is 45.4 Å². The molecule has 2 aliphatic rings. The van der Waals surface area contributed by atoms with E-state index in [1.807, 2.05) is 6.07 Å². The van der Waals surface area contributed by atoms with Gasteiger partial charge in [-0.1, -0.05) is 30.3 Å². The van der Waals surface area contributed by atoms with Crippen molar-refractivity contribution in [3.63, 3.8) is 0 Å². The van der Waals surface area contributed by atoms with E-state index in [0.29, 0.717) is 5.91 Å². The number of likely N-dealkylation sites (tertiary alicyclic amines) is 1. The van der Waals surface area contributed by atoms with E-state index >= 15 is 0 Å². The Bertz CT molecular complexity index is 591. The third kappa shape index (κ3) is 4.12. The normalized spacial score (nSPS) is 29.1. The van der Waals surface area contributed by atoms with Crippen molar-refractivity contribution < 1.29 is 9.53 Å². The summed E-state index contributed by atoms with van der Waals surface area (Å²) in [4.78, 5) is 17.2. The van der Waals surface area contributed by atoms with Crippen LogP contribution in [0.15, 0.2) is 30.3 Å². The molecule has 1 heterocycles. The Morgan fingerprint density at radius 1 is 1.12 bits per heavy atom. The molecule has 3 rings (SSSR count). The first kappa shape index (κ1) is 19.4. The molecular weight excluding hydrogens is 324 g/mol. The van der Waals surface area contributed by atoms with E-state index in [1.54, 1.807) is 7.11 Å². The topological polar surface area (TPSA) is 32.8 Å². The molecule has 1 amide bonds. The van der Waals surface area contributed by atoms with E-state index < -0.39 is 0 Å². The summed E-state index contributed by atoms with van der Waals surface area (Å²) in [6, 6.07) is 10.4. The zero-order valence-electron chi connectivity index (χ0n) is 16.7. The fourth-order valence-corrected chi connectivity index (χ4v) is 4.98. The second-order valence-electron chi connectivity index (χ2n) is 8.63. The van der Waals surface area contributed by atoms with Crippen molar-refractivity contribution in [2.75, 3.05) is 34.4 Å². The zero-order chi connectivity index (χ0) is 18.6.